The van der Waals surface area contributed by atoms with Crippen molar-refractivity contribution in [1.29, 1.82) is 0 Å². The normalized spacial score (nSPS) is 15.9. The van der Waals surface area contributed by atoms with E-state index in [1.165, 1.54) is 19.3 Å². The molecule has 0 aromatic heterocycles. The molecule has 0 saturated heterocycles. The van der Waals surface area contributed by atoms with Crippen LogP contribution in [0.15, 0.2) is 29.3 Å². The van der Waals surface area contributed by atoms with E-state index in [9.17, 15) is 9.90 Å². The molecule has 1 saturated carbocycles. The molecule has 0 aliphatic heterocycles. The van der Waals surface area contributed by atoms with E-state index in [0.29, 0.717) is 23.7 Å². The Bertz CT molecular complexity index is 646. The first-order valence-corrected chi connectivity index (χ1v) is 10.6. The van der Waals surface area contributed by atoms with E-state index in [1.807, 2.05) is 6.92 Å². The van der Waals surface area contributed by atoms with E-state index < -0.39 is 0 Å². The molecule has 6 nitrogen and oxygen atoms in total. The summed E-state index contributed by atoms with van der Waals surface area (Å²) in [6.45, 7) is 4.76. The van der Waals surface area contributed by atoms with Crippen LogP contribution in [0.25, 0.3) is 0 Å². The van der Waals surface area contributed by atoms with Crippen LogP contribution in [0.2, 0.25) is 5.02 Å². The number of aliphatic imine (C=N–C) groups is 1. The van der Waals surface area contributed by atoms with Gasteiger partial charge in [0, 0.05) is 32.8 Å². The van der Waals surface area contributed by atoms with Crippen LogP contribution in [-0.4, -0.2) is 49.8 Å². The number of guanidine groups is 1. The molecule has 1 aliphatic rings. The Morgan fingerprint density at radius 3 is 2.48 bits per heavy atom. The molecule has 164 valence electrons. The standard InChI is InChI=1S/C21H33ClN4O2.HI/c1-2-23-20(26-16-21(12-15-27)10-6-3-7-11-21)25-14-13-24-19(28)17-8-4-5-9-18(17)22;/h4-5,8-9,27H,2-3,6-7,10-16H2,1H3,(H,24,28)(H2,23,25,26);1H. The maximum absolute atomic E-state index is 12.2. The highest BCUT2D eigenvalue weighted by molar-refractivity contribution is 14.0. The van der Waals surface area contributed by atoms with Crippen LogP contribution in [0.5, 0.6) is 0 Å². The number of carbonyl (C=O) groups is 1. The molecule has 0 atom stereocenters. The van der Waals surface area contributed by atoms with Crippen molar-refractivity contribution in [3.8, 4) is 0 Å². The molecule has 29 heavy (non-hydrogen) atoms. The van der Waals surface area contributed by atoms with Gasteiger partial charge >= 0.3 is 0 Å². The monoisotopic (exact) mass is 536 g/mol. The van der Waals surface area contributed by atoms with Crippen LogP contribution in [0.1, 0.15) is 55.8 Å². The lowest BCUT2D eigenvalue weighted by Crippen LogP contribution is -2.42. The number of hydrogen-bond donors (Lipinski definition) is 4. The van der Waals surface area contributed by atoms with Gasteiger partial charge in [0.05, 0.1) is 10.6 Å². The van der Waals surface area contributed by atoms with Gasteiger partial charge in [0.25, 0.3) is 5.91 Å². The van der Waals surface area contributed by atoms with Gasteiger partial charge in [-0.15, -0.1) is 24.0 Å². The van der Waals surface area contributed by atoms with E-state index in [4.69, 9.17) is 16.6 Å². The summed E-state index contributed by atoms with van der Waals surface area (Å²) in [4.78, 5) is 17.0. The summed E-state index contributed by atoms with van der Waals surface area (Å²) in [5.74, 6) is 0.566. The Hall–Kier alpha value is -1.06. The first kappa shape index (κ1) is 26.0. The van der Waals surface area contributed by atoms with E-state index in [2.05, 4.69) is 16.0 Å². The SMILES string of the molecule is CCNC(=NCC1(CCO)CCCCC1)NCCNC(=O)c1ccccc1Cl.I. The molecule has 1 aliphatic carbocycles. The molecule has 1 fully saturated rings. The number of aliphatic hydroxyl groups excluding tert-OH is 1. The Balaban J connectivity index is 0.00000420. The number of nitrogens with one attached hydrogen (secondary N) is 3. The third-order valence-electron chi connectivity index (χ3n) is 5.29. The molecular weight excluding hydrogens is 503 g/mol. The van der Waals surface area contributed by atoms with Crippen molar-refractivity contribution in [2.45, 2.75) is 45.4 Å². The van der Waals surface area contributed by atoms with Gasteiger partial charge in [-0.2, -0.15) is 0 Å². The van der Waals surface area contributed by atoms with Crippen molar-refractivity contribution in [1.82, 2.24) is 16.0 Å². The largest absolute Gasteiger partial charge is 0.396 e. The molecule has 8 heteroatoms. The van der Waals surface area contributed by atoms with Gasteiger partial charge < -0.3 is 21.1 Å². The van der Waals surface area contributed by atoms with Crippen LogP contribution in [0.4, 0.5) is 0 Å². The summed E-state index contributed by atoms with van der Waals surface area (Å²) < 4.78 is 0. The molecule has 0 bridgehead atoms. The lowest BCUT2D eigenvalue weighted by Gasteiger charge is -2.35. The number of amides is 1. The minimum absolute atomic E-state index is 0. The number of benzene rings is 1. The molecule has 1 aromatic carbocycles. The highest BCUT2D eigenvalue weighted by Gasteiger charge is 2.31. The summed E-state index contributed by atoms with van der Waals surface area (Å²) in [6.07, 6.45) is 6.78. The van der Waals surface area contributed by atoms with Crippen LogP contribution in [0.3, 0.4) is 0 Å². The minimum Gasteiger partial charge on any atom is -0.396 e. The summed E-state index contributed by atoms with van der Waals surface area (Å²) in [7, 11) is 0. The van der Waals surface area contributed by atoms with Crippen molar-refractivity contribution in [2.75, 3.05) is 32.8 Å². The van der Waals surface area contributed by atoms with E-state index >= 15 is 0 Å². The number of carbonyl (C=O) groups excluding carboxylic acids is 1. The van der Waals surface area contributed by atoms with E-state index in [-0.39, 0.29) is 41.9 Å². The van der Waals surface area contributed by atoms with Gasteiger partial charge in [0.1, 0.15) is 0 Å². The number of hydrogen-bond acceptors (Lipinski definition) is 3. The second-order valence-corrected chi connectivity index (χ2v) is 7.80. The zero-order valence-electron chi connectivity index (χ0n) is 17.2. The number of rotatable bonds is 9. The van der Waals surface area contributed by atoms with E-state index in [0.717, 1.165) is 38.3 Å². The van der Waals surface area contributed by atoms with Gasteiger partial charge in [0.15, 0.2) is 5.96 Å². The summed E-state index contributed by atoms with van der Waals surface area (Å²) in [5, 5.41) is 19.3. The van der Waals surface area contributed by atoms with Crippen LogP contribution in [0, 0.1) is 5.41 Å². The Morgan fingerprint density at radius 1 is 1.14 bits per heavy atom. The lowest BCUT2D eigenvalue weighted by atomic mass is 9.72. The maximum atomic E-state index is 12.2. The predicted molar refractivity (Wildman–Crippen MR) is 130 cm³/mol. The predicted octanol–water partition coefficient (Wildman–Crippen LogP) is 3.58. The van der Waals surface area contributed by atoms with Crippen molar-refractivity contribution >= 4 is 47.4 Å². The van der Waals surface area contributed by atoms with Crippen LogP contribution >= 0.6 is 35.6 Å². The number of halogens is 2. The van der Waals surface area contributed by atoms with Crippen LogP contribution in [-0.2, 0) is 0 Å². The molecule has 0 unspecified atom stereocenters. The topological polar surface area (TPSA) is 85.8 Å². The molecule has 0 radical (unpaired) electrons. The third-order valence-corrected chi connectivity index (χ3v) is 5.62. The second-order valence-electron chi connectivity index (χ2n) is 7.39. The third kappa shape index (κ3) is 8.68. The average molecular weight is 537 g/mol. The molecule has 0 spiro atoms. The van der Waals surface area contributed by atoms with Crippen molar-refractivity contribution < 1.29 is 9.90 Å². The quantitative estimate of drug-likeness (QED) is 0.168. The smallest absolute Gasteiger partial charge is 0.252 e. The average Bonchev–Trinajstić information content (AvgIpc) is 2.70. The second kappa shape index (κ2) is 14.0. The van der Waals surface area contributed by atoms with E-state index in [1.54, 1.807) is 24.3 Å². The zero-order chi connectivity index (χ0) is 20.2. The molecule has 4 N–H and O–H groups in total. The Kier molecular flexibility index (Phi) is 12.6. The molecular formula is C21H34ClIN4O2. The summed E-state index contributed by atoms with van der Waals surface area (Å²) in [6, 6.07) is 7.01. The summed E-state index contributed by atoms with van der Waals surface area (Å²) >= 11 is 6.05. The van der Waals surface area contributed by atoms with Gasteiger partial charge in [-0.25, -0.2) is 0 Å². The first-order valence-electron chi connectivity index (χ1n) is 10.3. The summed E-state index contributed by atoms with van der Waals surface area (Å²) in [5.41, 5.74) is 0.598. The highest BCUT2D eigenvalue weighted by Crippen LogP contribution is 2.39. The lowest BCUT2D eigenvalue weighted by molar-refractivity contribution is 0.0954. The van der Waals surface area contributed by atoms with Crippen molar-refractivity contribution in [3.05, 3.63) is 34.9 Å². The fourth-order valence-corrected chi connectivity index (χ4v) is 3.93. The van der Waals surface area contributed by atoms with Gasteiger partial charge in [0.2, 0.25) is 0 Å². The molecule has 1 aromatic rings. The fraction of sp³-hybridized carbons (Fsp3) is 0.619. The van der Waals surface area contributed by atoms with Crippen LogP contribution < -0.4 is 16.0 Å². The molecule has 0 heterocycles. The molecule has 1 amide bonds. The Morgan fingerprint density at radius 2 is 1.83 bits per heavy atom. The zero-order valence-corrected chi connectivity index (χ0v) is 20.3. The fourth-order valence-electron chi connectivity index (χ4n) is 3.71. The van der Waals surface area contributed by atoms with Crippen molar-refractivity contribution in [2.24, 2.45) is 10.4 Å². The Labute approximate surface area is 196 Å². The minimum atomic E-state index is -0.182. The van der Waals surface area contributed by atoms with Gasteiger partial charge in [-0.3, -0.25) is 9.79 Å². The van der Waals surface area contributed by atoms with Crippen molar-refractivity contribution in [3.63, 3.8) is 0 Å². The highest BCUT2D eigenvalue weighted by atomic mass is 127. The number of aliphatic hydroxyl groups is 1. The molecule has 2 rings (SSSR count). The maximum Gasteiger partial charge on any atom is 0.252 e. The van der Waals surface area contributed by atoms with Gasteiger partial charge in [-0.1, -0.05) is 43.0 Å². The first-order chi connectivity index (χ1) is 13.6. The van der Waals surface area contributed by atoms with Gasteiger partial charge in [-0.05, 0) is 43.7 Å². The number of nitrogens with zero attached hydrogens (tertiary/aromatic N) is 1.